The van der Waals surface area contributed by atoms with Gasteiger partial charge in [-0.2, -0.15) is 0 Å². The third-order valence-corrected chi connectivity index (χ3v) is 3.14. The van der Waals surface area contributed by atoms with E-state index in [4.69, 9.17) is 28.9 Å². The van der Waals surface area contributed by atoms with Crippen LogP contribution in [-0.2, 0) is 6.42 Å². The van der Waals surface area contributed by atoms with Gasteiger partial charge in [0.2, 0.25) is 0 Å². The fraction of sp³-hybridized carbons (Fsp3) is 0.154. The first kappa shape index (κ1) is 12.4. The number of halogens is 2. The molecule has 1 atom stereocenters. The minimum atomic E-state index is -0.163. The highest BCUT2D eigenvalue weighted by Crippen LogP contribution is 2.26. The van der Waals surface area contributed by atoms with E-state index in [9.17, 15) is 0 Å². The molecule has 0 fully saturated rings. The van der Waals surface area contributed by atoms with Crippen molar-refractivity contribution in [2.24, 2.45) is 5.73 Å². The van der Waals surface area contributed by atoms with Crippen LogP contribution < -0.4 is 5.73 Å². The Morgan fingerprint density at radius 3 is 2.53 bits per heavy atom. The van der Waals surface area contributed by atoms with Crippen molar-refractivity contribution in [3.63, 3.8) is 0 Å². The Labute approximate surface area is 110 Å². The van der Waals surface area contributed by atoms with Crippen LogP contribution in [0.25, 0.3) is 0 Å². The minimum Gasteiger partial charge on any atom is -0.324 e. The quantitative estimate of drug-likeness (QED) is 0.922. The molecule has 0 saturated heterocycles. The molecule has 2 N–H and O–H groups in total. The lowest BCUT2D eigenvalue weighted by Gasteiger charge is -2.14. The third kappa shape index (κ3) is 3.19. The molecule has 2 rings (SSSR count). The van der Waals surface area contributed by atoms with Crippen molar-refractivity contribution >= 4 is 23.2 Å². The van der Waals surface area contributed by atoms with Crippen molar-refractivity contribution in [2.75, 3.05) is 0 Å². The molecule has 2 nitrogen and oxygen atoms in total. The van der Waals surface area contributed by atoms with E-state index >= 15 is 0 Å². The van der Waals surface area contributed by atoms with Crippen LogP contribution in [0.5, 0.6) is 0 Å². The Bertz CT molecular complexity index is 500. The van der Waals surface area contributed by atoms with Crippen LogP contribution in [0, 0.1) is 0 Å². The van der Waals surface area contributed by atoms with Crippen molar-refractivity contribution in [3.8, 4) is 0 Å². The second-order valence-corrected chi connectivity index (χ2v) is 4.68. The van der Waals surface area contributed by atoms with Gasteiger partial charge in [-0.1, -0.05) is 23.2 Å². The molecule has 88 valence electrons. The monoisotopic (exact) mass is 266 g/mol. The normalized spacial score (nSPS) is 12.4. The molecule has 17 heavy (non-hydrogen) atoms. The molecule has 1 aromatic carbocycles. The fourth-order valence-electron chi connectivity index (χ4n) is 1.68. The van der Waals surface area contributed by atoms with Gasteiger partial charge in [0.15, 0.2) is 0 Å². The first-order chi connectivity index (χ1) is 8.16. The highest BCUT2D eigenvalue weighted by molar-refractivity contribution is 6.33. The molecule has 1 heterocycles. The van der Waals surface area contributed by atoms with Crippen molar-refractivity contribution in [2.45, 2.75) is 12.5 Å². The summed E-state index contributed by atoms with van der Waals surface area (Å²) in [5.41, 5.74) is 8.13. The van der Waals surface area contributed by atoms with E-state index in [1.807, 2.05) is 18.2 Å². The lowest BCUT2D eigenvalue weighted by Crippen LogP contribution is -2.13. The number of nitrogens with zero attached hydrogens (tertiary/aromatic N) is 1. The van der Waals surface area contributed by atoms with Crippen LogP contribution in [0.1, 0.15) is 17.2 Å². The summed E-state index contributed by atoms with van der Waals surface area (Å²) in [6, 6.07) is 9.06. The number of benzene rings is 1. The van der Waals surface area contributed by atoms with E-state index in [2.05, 4.69) is 4.98 Å². The predicted octanol–water partition coefficient (Wildman–Crippen LogP) is 3.63. The van der Waals surface area contributed by atoms with E-state index in [1.165, 1.54) is 0 Å². The molecule has 1 aromatic heterocycles. The molecule has 2 aromatic rings. The second kappa shape index (κ2) is 5.50. The zero-order chi connectivity index (χ0) is 12.3. The van der Waals surface area contributed by atoms with Crippen LogP contribution in [0.2, 0.25) is 10.0 Å². The van der Waals surface area contributed by atoms with Gasteiger partial charge in [0.05, 0.1) is 0 Å². The van der Waals surface area contributed by atoms with Crippen molar-refractivity contribution < 1.29 is 0 Å². The Balaban J connectivity index is 2.20. The maximum absolute atomic E-state index is 6.13. The van der Waals surface area contributed by atoms with Gasteiger partial charge in [-0.3, -0.25) is 4.98 Å². The van der Waals surface area contributed by atoms with Gasteiger partial charge in [0.25, 0.3) is 0 Å². The molecule has 0 spiro atoms. The van der Waals surface area contributed by atoms with Gasteiger partial charge in [-0.25, -0.2) is 0 Å². The summed E-state index contributed by atoms with van der Waals surface area (Å²) in [6.45, 7) is 0. The molecule has 4 heteroatoms. The van der Waals surface area contributed by atoms with Gasteiger partial charge in [-0.15, -0.1) is 0 Å². The highest BCUT2D eigenvalue weighted by atomic mass is 35.5. The average Bonchev–Trinajstić information content (AvgIpc) is 2.33. The maximum atomic E-state index is 6.13. The summed E-state index contributed by atoms with van der Waals surface area (Å²) in [7, 11) is 0. The summed E-state index contributed by atoms with van der Waals surface area (Å²) >= 11 is 12.0. The van der Waals surface area contributed by atoms with Gasteiger partial charge in [0, 0.05) is 28.5 Å². The van der Waals surface area contributed by atoms with E-state index in [1.54, 1.807) is 24.5 Å². The van der Waals surface area contributed by atoms with Crippen LogP contribution in [0.3, 0.4) is 0 Å². The number of hydrogen-bond acceptors (Lipinski definition) is 2. The largest absolute Gasteiger partial charge is 0.324 e. The fourth-order valence-corrected chi connectivity index (χ4v) is 2.12. The average molecular weight is 267 g/mol. The van der Waals surface area contributed by atoms with E-state index < -0.39 is 0 Å². The molecule has 1 unspecified atom stereocenters. The first-order valence-corrected chi connectivity index (χ1v) is 6.02. The first-order valence-electron chi connectivity index (χ1n) is 5.26. The number of hydrogen-bond donors (Lipinski definition) is 1. The molecule has 0 amide bonds. The molecular formula is C13H12Cl2N2. The zero-order valence-electron chi connectivity index (χ0n) is 9.11. The van der Waals surface area contributed by atoms with Crippen LogP contribution in [-0.4, -0.2) is 4.98 Å². The van der Waals surface area contributed by atoms with E-state index in [0.29, 0.717) is 16.5 Å². The summed E-state index contributed by atoms with van der Waals surface area (Å²) < 4.78 is 0. The Morgan fingerprint density at radius 2 is 1.82 bits per heavy atom. The smallest absolute Gasteiger partial charge is 0.0454 e. The third-order valence-electron chi connectivity index (χ3n) is 2.56. The minimum absolute atomic E-state index is 0.163. The van der Waals surface area contributed by atoms with Gasteiger partial charge in [0.1, 0.15) is 0 Å². The summed E-state index contributed by atoms with van der Waals surface area (Å²) in [6.07, 6.45) is 4.21. The summed E-state index contributed by atoms with van der Waals surface area (Å²) in [5.74, 6) is 0. The molecule has 0 saturated carbocycles. The standard InChI is InChI=1S/C13H12Cl2N2/c14-10-1-2-12(15)11(8-10)13(16)7-9-3-5-17-6-4-9/h1-6,8,13H,7,16H2. The van der Waals surface area contributed by atoms with Gasteiger partial charge >= 0.3 is 0 Å². The van der Waals surface area contributed by atoms with Crippen molar-refractivity contribution in [1.29, 1.82) is 0 Å². The molecular weight excluding hydrogens is 255 g/mol. The van der Waals surface area contributed by atoms with Crippen LogP contribution >= 0.6 is 23.2 Å². The molecule has 0 aliphatic heterocycles. The lowest BCUT2D eigenvalue weighted by atomic mass is 10.0. The molecule has 0 aliphatic carbocycles. The SMILES string of the molecule is NC(Cc1ccncc1)c1cc(Cl)ccc1Cl. The lowest BCUT2D eigenvalue weighted by molar-refractivity contribution is 0.721. The van der Waals surface area contributed by atoms with E-state index in [-0.39, 0.29) is 6.04 Å². The number of aromatic nitrogens is 1. The Morgan fingerprint density at radius 1 is 1.12 bits per heavy atom. The highest BCUT2D eigenvalue weighted by Gasteiger charge is 2.11. The number of nitrogens with two attached hydrogens (primary N) is 1. The van der Waals surface area contributed by atoms with Crippen LogP contribution in [0.4, 0.5) is 0 Å². The molecule has 0 aliphatic rings. The number of rotatable bonds is 3. The van der Waals surface area contributed by atoms with Crippen molar-refractivity contribution in [1.82, 2.24) is 4.98 Å². The maximum Gasteiger partial charge on any atom is 0.0454 e. The summed E-state index contributed by atoms with van der Waals surface area (Å²) in [4.78, 5) is 3.97. The topological polar surface area (TPSA) is 38.9 Å². The van der Waals surface area contributed by atoms with Crippen molar-refractivity contribution in [3.05, 3.63) is 63.9 Å². The van der Waals surface area contributed by atoms with Crippen LogP contribution in [0.15, 0.2) is 42.7 Å². The van der Waals surface area contributed by atoms with Gasteiger partial charge < -0.3 is 5.73 Å². The Kier molecular flexibility index (Phi) is 4.00. The second-order valence-electron chi connectivity index (χ2n) is 3.83. The molecule has 0 radical (unpaired) electrons. The number of pyridine rings is 1. The predicted molar refractivity (Wildman–Crippen MR) is 71.3 cm³/mol. The summed E-state index contributed by atoms with van der Waals surface area (Å²) in [5, 5.41) is 1.30. The Hall–Kier alpha value is -1.09. The molecule has 0 bridgehead atoms. The van der Waals surface area contributed by atoms with Gasteiger partial charge in [-0.05, 0) is 47.9 Å². The van der Waals surface area contributed by atoms with E-state index in [0.717, 1.165) is 11.1 Å². The zero-order valence-corrected chi connectivity index (χ0v) is 10.6.